The van der Waals surface area contributed by atoms with Gasteiger partial charge in [-0.1, -0.05) is 56.7 Å². The van der Waals surface area contributed by atoms with Crippen LogP contribution in [0.5, 0.6) is 0 Å². The number of rotatable bonds is 6. The van der Waals surface area contributed by atoms with Crippen molar-refractivity contribution in [3.63, 3.8) is 0 Å². The number of amides is 2. The summed E-state index contributed by atoms with van der Waals surface area (Å²) in [5.74, 6) is -0.151. The number of anilines is 2. The molecule has 4 heteroatoms. The fourth-order valence-electron chi connectivity index (χ4n) is 2.73. The highest BCUT2D eigenvalue weighted by Gasteiger charge is 2.25. The molecule has 24 heavy (non-hydrogen) atoms. The van der Waals surface area contributed by atoms with Crippen LogP contribution >= 0.6 is 0 Å². The van der Waals surface area contributed by atoms with Gasteiger partial charge in [-0.2, -0.15) is 0 Å². The van der Waals surface area contributed by atoms with Crippen LogP contribution in [-0.2, 0) is 9.59 Å². The molecule has 0 fully saturated rings. The van der Waals surface area contributed by atoms with Gasteiger partial charge in [0.05, 0.1) is 5.92 Å². The van der Waals surface area contributed by atoms with Crippen LogP contribution in [-0.4, -0.2) is 11.8 Å². The Balaban J connectivity index is 2.20. The Hall–Kier alpha value is -2.62. The molecule has 2 atom stereocenters. The Kier molecular flexibility index (Phi) is 6.13. The molecule has 0 aliphatic carbocycles. The summed E-state index contributed by atoms with van der Waals surface area (Å²) in [4.78, 5) is 24.0. The molecule has 0 heterocycles. The quantitative estimate of drug-likeness (QED) is 0.826. The van der Waals surface area contributed by atoms with Gasteiger partial charge in [0.15, 0.2) is 0 Å². The molecule has 2 amide bonds. The van der Waals surface area contributed by atoms with Crippen molar-refractivity contribution < 1.29 is 9.59 Å². The maximum Gasteiger partial charge on any atom is 0.232 e. The molecule has 0 aromatic heterocycles. The molecule has 2 aromatic carbocycles. The minimum Gasteiger partial charge on any atom is -0.326 e. The number of hydrogen-bond donors (Lipinski definition) is 2. The van der Waals surface area contributed by atoms with E-state index in [0.717, 1.165) is 12.0 Å². The first kappa shape index (κ1) is 17.7. The monoisotopic (exact) mass is 324 g/mol. The topological polar surface area (TPSA) is 58.2 Å². The van der Waals surface area contributed by atoms with Gasteiger partial charge in [0, 0.05) is 18.3 Å². The van der Waals surface area contributed by atoms with E-state index >= 15 is 0 Å². The van der Waals surface area contributed by atoms with Crippen molar-refractivity contribution >= 4 is 23.2 Å². The van der Waals surface area contributed by atoms with Crippen molar-refractivity contribution in [2.45, 2.75) is 33.1 Å². The molecule has 4 nitrogen and oxygen atoms in total. The fourth-order valence-corrected chi connectivity index (χ4v) is 2.73. The van der Waals surface area contributed by atoms with E-state index in [-0.39, 0.29) is 23.7 Å². The summed E-state index contributed by atoms with van der Waals surface area (Å²) >= 11 is 0. The molecule has 0 radical (unpaired) electrons. The minimum atomic E-state index is -0.208. The summed E-state index contributed by atoms with van der Waals surface area (Å²) in [5, 5.41) is 5.70. The van der Waals surface area contributed by atoms with Crippen molar-refractivity contribution in [1.29, 1.82) is 0 Å². The first-order valence-electron chi connectivity index (χ1n) is 8.24. The smallest absolute Gasteiger partial charge is 0.232 e. The SMILES string of the molecule is CC[C@H](C)[C@@H](C(=O)Nc1cccc(NC(C)=O)c1)c1ccccc1. The first-order valence-corrected chi connectivity index (χ1v) is 8.24. The molecule has 0 saturated heterocycles. The molecular weight excluding hydrogens is 300 g/mol. The second-order valence-electron chi connectivity index (χ2n) is 6.03. The predicted octanol–water partition coefficient (Wildman–Crippen LogP) is 4.41. The van der Waals surface area contributed by atoms with E-state index in [9.17, 15) is 9.59 Å². The lowest BCUT2D eigenvalue weighted by Crippen LogP contribution is -2.26. The van der Waals surface area contributed by atoms with E-state index in [2.05, 4.69) is 24.5 Å². The van der Waals surface area contributed by atoms with Crippen LogP contribution in [0.25, 0.3) is 0 Å². The molecule has 0 saturated carbocycles. The predicted molar refractivity (Wildman–Crippen MR) is 98.0 cm³/mol. The average Bonchev–Trinajstić information content (AvgIpc) is 2.55. The Morgan fingerprint density at radius 3 is 2.17 bits per heavy atom. The van der Waals surface area contributed by atoms with Gasteiger partial charge in [-0.05, 0) is 29.7 Å². The van der Waals surface area contributed by atoms with Crippen LogP contribution in [0.4, 0.5) is 11.4 Å². The summed E-state index contributed by atoms with van der Waals surface area (Å²) in [7, 11) is 0. The molecule has 0 aliphatic heterocycles. The highest BCUT2D eigenvalue weighted by Crippen LogP contribution is 2.28. The van der Waals surface area contributed by atoms with Crippen molar-refractivity contribution in [3.8, 4) is 0 Å². The fraction of sp³-hybridized carbons (Fsp3) is 0.300. The Bertz CT molecular complexity index is 698. The third kappa shape index (κ3) is 4.69. The maximum absolute atomic E-state index is 12.8. The minimum absolute atomic E-state index is 0.0319. The lowest BCUT2D eigenvalue weighted by atomic mass is 9.85. The zero-order valence-corrected chi connectivity index (χ0v) is 14.4. The van der Waals surface area contributed by atoms with Crippen LogP contribution in [0, 0.1) is 5.92 Å². The normalized spacial score (nSPS) is 13.0. The lowest BCUT2D eigenvalue weighted by molar-refractivity contribution is -0.118. The molecule has 0 aliphatic rings. The third-order valence-corrected chi connectivity index (χ3v) is 4.10. The summed E-state index contributed by atoms with van der Waals surface area (Å²) in [6, 6.07) is 17.0. The number of nitrogens with one attached hydrogen (secondary N) is 2. The summed E-state index contributed by atoms with van der Waals surface area (Å²) in [6.45, 7) is 5.63. The van der Waals surface area contributed by atoms with Gasteiger partial charge in [0.1, 0.15) is 0 Å². The highest BCUT2D eigenvalue weighted by molar-refractivity contribution is 5.97. The number of carbonyl (C=O) groups is 2. The van der Waals surface area contributed by atoms with Crippen LogP contribution in [0.2, 0.25) is 0 Å². The Morgan fingerprint density at radius 1 is 0.958 bits per heavy atom. The largest absolute Gasteiger partial charge is 0.326 e. The molecule has 2 rings (SSSR count). The van der Waals surface area contributed by atoms with E-state index in [1.807, 2.05) is 42.5 Å². The van der Waals surface area contributed by atoms with Crippen molar-refractivity contribution in [2.24, 2.45) is 5.92 Å². The maximum atomic E-state index is 12.8. The van der Waals surface area contributed by atoms with Gasteiger partial charge in [-0.15, -0.1) is 0 Å². The van der Waals surface area contributed by atoms with E-state index in [4.69, 9.17) is 0 Å². The first-order chi connectivity index (χ1) is 11.5. The third-order valence-electron chi connectivity index (χ3n) is 4.10. The molecule has 0 bridgehead atoms. The van der Waals surface area contributed by atoms with Gasteiger partial charge in [-0.25, -0.2) is 0 Å². The number of hydrogen-bond acceptors (Lipinski definition) is 2. The van der Waals surface area contributed by atoms with E-state index in [1.165, 1.54) is 6.92 Å². The summed E-state index contributed by atoms with van der Waals surface area (Å²) < 4.78 is 0. The zero-order chi connectivity index (χ0) is 17.5. The van der Waals surface area contributed by atoms with E-state index in [1.54, 1.807) is 12.1 Å². The van der Waals surface area contributed by atoms with E-state index in [0.29, 0.717) is 11.4 Å². The van der Waals surface area contributed by atoms with Crippen molar-refractivity contribution in [1.82, 2.24) is 0 Å². The van der Waals surface area contributed by atoms with E-state index < -0.39 is 0 Å². The summed E-state index contributed by atoms with van der Waals surface area (Å²) in [6.07, 6.45) is 0.916. The van der Waals surface area contributed by atoms with Gasteiger partial charge >= 0.3 is 0 Å². The van der Waals surface area contributed by atoms with Gasteiger partial charge in [0.25, 0.3) is 0 Å². The van der Waals surface area contributed by atoms with Crippen LogP contribution in [0.3, 0.4) is 0 Å². The van der Waals surface area contributed by atoms with Crippen LogP contribution < -0.4 is 10.6 Å². The van der Waals surface area contributed by atoms with Gasteiger partial charge in [-0.3, -0.25) is 9.59 Å². The second-order valence-corrected chi connectivity index (χ2v) is 6.03. The van der Waals surface area contributed by atoms with Gasteiger partial charge in [0.2, 0.25) is 11.8 Å². The van der Waals surface area contributed by atoms with Crippen molar-refractivity contribution in [2.75, 3.05) is 10.6 Å². The lowest BCUT2D eigenvalue weighted by Gasteiger charge is -2.23. The molecular formula is C20H24N2O2. The zero-order valence-electron chi connectivity index (χ0n) is 14.4. The number of carbonyl (C=O) groups excluding carboxylic acids is 2. The van der Waals surface area contributed by atoms with Crippen LogP contribution in [0.15, 0.2) is 54.6 Å². The second kappa shape index (κ2) is 8.29. The molecule has 2 aromatic rings. The summed E-state index contributed by atoms with van der Waals surface area (Å²) in [5.41, 5.74) is 2.36. The average molecular weight is 324 g/mol. The van der Waals surface area contributed by atoms with Crippen molar-refractivity contribution in [3.05, 3.63) is 60.2 Å². The Labute approximate surface area is 143 Å². The van der Waals surface area contributed by atoms with Gasteiger partial charge < -0.3 is 10.6 Å². The molecule has 126 valence electrons. The van der Waals surface area contributed by atoms with Crippen LogP contribution in [0.1, 0.15) is 38.7 Å². The molecule has 0 unspecified atom stereocenters. The molecule has 2 N–H and O–H groups in total. The number of benzene rings is 2. The standard InChI is InChI=1S/C20H24N2O2/c1-4-14(2)19(16-9-6-5-7-10-16)20(24)22-18-12-8-11-17(13-18)21-15(3)23/h5-14,19H,4H2,1-3H3,(H,21,23)(H,22,24)/t14-,19+/m0/s1. The Morgan fingerprint density at radius 2 is 1.58 bits per heavy atom. The molecule has 0 spiro atoms. The highest BCUT2D eigenvalue weighted by atomic mass is 16.2.